The largest absolute Gasteiger partial charge is 0.393 e. The number of para-hydroxylation sites is 1. The van der Waals surface area contributed by atoms with Crippen molar-refractivity contribution in [3.63, 3.8) is 0 Å². The molecule has 3 nitrogen and oxygen atoms in total. The lowest BCUT2D eigenvalue weighted by Crippen LogP contribution is -2.14. The fraction of sp³-hybridized carbons (Fsp3) is 0.400. The molecule has 1 aliphatic heterocycles. The molecule has 0 aromatic heterocycles. The molecule has 2 aromatic rings. The second kappa shape index (κ2) is 7.60. The number of anilines is 2. The molecule has 0 bridgehead atoms. The van der Waals surface area contributed by atoms with Crippen molar-refractivity contribution in [2.75, 3.05) is 5.32 Å². The third-order valence-electron chi connectivity index (χ3n) is 4.48. The number of fused-ring (bicyclic) bond motifs is 2. The lowest BCUT2D eigenvalue weighted by Gasteiger charge is -2.25. The number of nitrogens with one attached hydrogen (secondary N) is 1. The van der Waals surface area contributed by atoms with Crippen LogP contribution < -0.4 is 5.32 Å². The van der Waals surface area contributed by atoms with Gasteiger partial charge in [0.25, 0.3) is 0 Å². The molecule has 2 aromatic carbocycles. The lowest BCUT2D eigenvalue weighted by molar-refractivity contribution is 0.169. The first-order valence-corrected chi connectivity index (χ1v) is 9.48. The van der Waals surface area contributed by atoms with Crippen LogP contribution in [-0.4, -0.2) is 22.4 Å². The van der Waals surface area contributed by atoms with Crippen LogP contribution in [0.4, 0.5) is 11.4 Å². The number of aliphatic hydroxyl groups is 2. The summed E-state index contributed by atoms with van der Waals surface area (Å²) >= 11 is 1.75. The predicted octanol–water partition coefficient (Wildman–Crippen LogP) is 4.52. The number of rotatable bonds is 6. The van der Waals surface area contributed by atoms with Crippen molar-refractivity contribution in [1.82, 2.24) is 0 Å². The van der Waals surface area contributed by atoms with Crippen molar-refractivity contribution in [2.24, 2.45) is 0 Å². The van der Waals surface area contributed by atoms with Crippen LogP contribution in [0.25, 0.3) is 0 Å². The molecule has 2 unspecified atom stereocenters. The summed E-state index contributed by atoms with van der Waals surface area (Å²) in [6.07, 6.45) is 2.11. The molecule has 2 atom stereocenters. The zero-order valence-electron chi connectivity index (χ0n) is 14.2. The molecule has 1 aliphatic rings. The molecule has 3 N–H and O–H groups in total. The highest BCUT2D eigenvalue weighted by molar-refractivity contribution is 7.99. The van der Waals surface area contributed by atoms with E-state index in [-0.39, 0.29) is 12.2 Å². The standard InChI is InChI=1S/C20H25NO2S/c1-3-15(22)10-13-9-14(12-16(23)4-2)20-19(11-13)24-18-8-6-5-7-17(18)21-20/h5-9,11,15-16,21-23H,3-4,10,12H2,1-2H3. The maximum absolute atomic E-state index is 10.1. The molecule has 128 valence electrons. The molecule has 3 rings (SSSR count). The monoisotopic (exact) mass is 343 g/mol. The second-order valence-electron chi connectivity index (χ2n) is 6.38. The Morgan fingerprint density at radius 1 is 0.958 bits per heavy atom. The first-order chi connectivity index (χ1) is 11.6. The van der Waals surface area contributed by atoms with Crippen molar-refractivity contribution < 1.29 is 10.2 Å². The second-order valence-corrected chi connectivity index (χ2v) is 7.47. The molecule has 0 aliphatic carbocycles. The predicted molar refractivity (Wildman–Crippen MR) is 100 cm³/mol. The molecule has 0 fully saturated rings. The van der Waals surface area contributed by atoms with Gasteiger partial charge in [-0.15, -0.1) is 0 Å². The number of benzene rings is 2. The average molecular weight is 343 g/mol. The normalized spacial score (nSPS) is 15.2. The zero-order valence-corrected chi connectivity index (χ0v) is 15.1. The summed E-state index contributed by atoms with van der Waals surface area (Å²) in [6, 6.07) is 12.6. The average Bonchev–Trinajstić information content (AvgIpc) is 2.60. The first kappa shape index (κ1) is 17.3. The molecular weight excluding hydrogens is 318 g/mol. The Morgan fingerprint density at radius 3 is 2.42 bits per heavy atom. The van der Waals surface area contributed by atoms with Crippen LogP contribution in [0.3, 0.4) is 0 Å². The van der Waals surface area contributed by atoms with E-state index >= 15 is 0 Å². The molecular formula is C20H25NO2S. The quantitative estimate of drug-likeness (QED) is 0.616. The van der Waals surface area contributed by atoms with E-state index in [9.17, 15) is 10.2 Å². The first-order valence-electron chi connectivity index (χ1n) is 8.66. The van der Waals surface area contributed by atoms with Gasteiger partial charge in [-0.1, -0.05) is 43.8 Å². The van der Waals surface area contributed by atoms with Crippen molar-refractivity contribution >= 4 is 23.1 Å². The summed E-state index contributed by atoms with van der Waals surface area (Å²) in [7, 11) is 0. The fourth-order valence-electron chi connectivity index (χ4n) is 2.96. The lowest BCUT2D eigenvalue weighted by atomic mass is 9.98. The van der Waals surface area contributed by atoms with Gasteiger partial charge in [0.05, 0.1) is 23.6 Å². The van der Waals surface area contributed by atoms with Crippen LogP contribution in [0.1, 0.15) is 37.8 Å². The molecule has 0 amide bonds. The maximum Gasteiger partial charge on any atom is 0.0578 e. The van der Waals surface area contributed by atoms with Crippen molar-refractivity contribution in [2.45, 2.75) is 61.5 Å². The minimum atomic E-state index is -0.343. The van der Waals surface area contributed by atoms with Crippen molar-refractivity contribution in [3.05, 3.63) is 47.5 Å². The van der Waals surface area contributed by atoms with E-state index in [1.807, 2.05) is 26.0 Å². The van der Waals surface area contributed by atoms with Gasteiger partial charge in [0.1, 0.15) is 0 Å². The molecule has 24 heavy (non-hydrogen) atoms. The Morgan fingerprint density at radius 2 is 1.67 bits per heavy atom. The SMILES string of the molecule is CCC(O)Cc1cc(CC(O)CC)c2c(c1)Sc1ccccc1N2. The van der Waals surface area contributed by atoms with Crippen LogP contribution >= 0.6 is 11.8 Å². The van der Waals surface area contributed by atoms with Crippen LogP contribution in [0.5, 0.6) is 0 Å². The Bertz CT molecular complexity index is 717. The summed E-state index contributed by atoms with van der Waals surface area (Å²) in [5.74, 6) is 0. The highest BCUT2D eigenvalue weighted by Crippen LogP contribution is 2.46. The number of aliphatic hydroxyl groups excluding tert-OH is 2. The highest BCUT2D eigenvalue weighted by Gasteiger charge is 2.21. The van der Waals surface area contributed by atoms with E-state index in [1.165, 1.54) is 9.79 Å². The molecule has 0 radical (unpaired) electrons. The van der Waals surface area contributed by atoms with Gasteiger partial charge in [-0.2, -0.15) is 0 Å². The molecule has 0 saturated heterocycles. The van der Waals surface area contributed by atoms with Gasteiger partial charge in [-0.3, -0.25) is 0 Å². The summed E-state index contributed by atoms with van der Waals surface area (Å²) in [6.45, 7) is 4.00. The van der Waals surface area contributed by atoms with Crippen LogP contribution in [-0.2, 0) is 12.8 Å². The molecule has 0 spiro atoms. The van der Waals surface area contributed by atoms with Gasteiger partial charge in [0.15, 0.2) is 0 Å². The van der Waals surface area contributed by atoms with Gasteiger partial charge in [-0.05, 0) is 48.6 Å². The molecule has 0 saturated carbocycles. The van der Waals surface area contributed by atoms with Gasteiger partial charge in [-0.25, -0.2) is 0 Å². The van der Waals surface area contributed by atoms with Gasteiger partial charge >= 0.3 is 0 Å². The van der Waals surface area contributed by atoms with E-state index in [2.05, 4.69) is 29.6 Å². The maximum atomic E-state index is 10.1. The van der Waals surface area contributed by atoms with Crippen LogP contribution in [0.15, 0.2) is 46.2 Å². The summed E-state index contributed by atoms with van der Waals surface area (Å²) < 4.78 is 0. The minimum absolute atomic E-state index is 0.319. The summed E-state index contributed by atoms with van der Waals surface area (Å²) in [5, 5.41) is 23.7. The Hall–Kier alpha value is -1.49. The Labute approximate surface area is 148 Å². The molecule has 4 heteroatoms. The van der Waals surface area contributed by atoms with Gasteiger partial charge in [0, 0.05) is 16.2 Å². The number of hydrogen-bond acceptors (Lipinski definition) is 4. The van der Waals surface area contributed by atoms with E-state index < -0.39 is 0 Å². The topological polar surface area (TPSA) is 52.5 Å². The van der Waals surface area contributed by atoms with E-state index in [0.29, 0.717) is 12.8 Å². The third kappa shape index (κ3) is 3.77. The summed E-state index contributed by atoms with van der Waals surface area (Å²) in [5.41, 5.74) is 4.47. The van der Waals surface area contributed by atoms with Crippen molar-refractivity contribution in [1.29, 1.82) is 0 Å². The van der Waals surface area contributed by atoms with Crippen LogP contribution in [0, 0.1) is 0 Å². The smallest absolute Gasteiger partial charge is 0.0578 e. The van der Waals surface area contributed by atoms with Crippen molar-refractivity contribution in [3.8, 4) is 0 Å². The van der Waals surface area contributed by atoms with E-state index in [4.69, 9.17) is 0 Å². The minimum Gasteiger partial charge on any atom is -0.393 e. The highest BCUT2D eigenvalue weighted by atomic mass is 32.2. The zero-order chi connectivity index (χ0) is 17.1. The summed E-state index contributed by atoms with van der Waals surface area (Å²) in [4.78, 5) is 2.38. The molecule has 1 heterocycles. The fourth-order valence-corrected chi connectivity index (χ4v) is 4.07. The Kier molecular flexibility index (Phi) is 5.49. The van der Waals surface area contributed by atoms with Gasteiger partial charge in [0.2, 0.25) is 0 Å². The van der Waals surface area contributed by atoms with Gasteiger partial charge < -0.3 is 15.5 Å². The Balaban J connectivity index is 1.99. The van der Waals surface area contributed by atoms with E-state index in [1.54, 1.807) is 11.8 Å². The third-order valence-corrected chi connectivity index (χ3v) is 5.60. The van der Waals surface area contributed by atoms with Crippen LogP contribution in [0.2, 0.25) is 0 Å². The van der Waals surface area contributed by atoms with E-state index in [0.717, 1.165) is 35.3 Å². The number of hydrogen-bond donors (Lipinski definition) is 3.